The van der Waals surface area contributed by atoms with E-state index in [1.165, 1.54) is 39.7 Å². The molecule has 0 aliphatic carbocycles. The molecule has 0 unspecified atom stereocenters. The first kappa shape index (κ1) is 20.7. The van der Waals surface area contributed by atoms with Crippen LogP contribution < -0.4 is 4.90 Å². The van der Waals surface area contributed by atoms with Crippen molar-refractivity contribution in [1.82, 2.24) is 4.31 Å². The number of hydrogen-bond donors (Lipinski definition) is 0. The Balaban J connectivity index is 1.70. The fraction of sp³-hybridized carbons (Fsp3) is 0.500. The van der Waals surface area contributed by atoms with Crippen LogP contribution in [0, 0.1) is 5.41 Å². The zero-order valence-electron chi connectivity index (χ0n) is 16.4. The number of rotatable bonds is 6. The van der Waals surface area contributed by atoms with Gasteiger partial charge in [-0.25, -0.2) is 12.7 Å². The Morgan fingerprint density at radius 1 is 1.11 bits per heavy atom. The van der Waals surface area contributed by atoms with Gasteiger partial charge in [0.15, 0.2) is 0 Å². The molecule has 1 aromatic carbocycles. The summed E-state index contributed by atoms with van der Waals surface area (Å²) in [6.07, 6.45) is 2.43. The van der Waals surface area contributed by atoms with Crippen molar-refractivity contribution >= 4 is 38.8 Å². The SMILES string of the molecule is CN(C)S(=O)(=O)c1ccc(SCc2ccccc2N2CCC(C)(C)CC2)s1. The van der Waals surface area contributed by atoms with Crippen LogP contribution in [0.2, 0.25) is 0 Å². The minimum atomic E-state index is -3.35. The molecular weight excluding hydrogens is 396 g/mol. The van der Waals surface area contributed by atoms with E-state index < -0.39 is 10.0 Å². The first-order chi connectivity index (χ1) is 12.7. The molecule has 0 bridgehead atoms. The van der Waals surface area contributed by atoms with Crippen molar-refractivity contribution in [2.75, 3.05) is 32.1 Å². The van der Waals surface area contributed by atoms with Gasteiger partial charge in [-0.15, -0.1) is 23.1 Å². The molecule has 0 amide bonds. The molecule has 0 saturated carbocycles. The van der Waals surface area contributed by atoms with Gasteiger partial charge in [0.25, 0.3) is 10.0 Å². The lowest BCUT2D eigenvalue weighted by Gasteiger charge is -2.39. The highest BCUT2D eigenvalue weighted by atomic mass is 32.3. The second-order valence-corrected chi connectivity index (χ2v) is 12.7. The normalized spacial score (nSPS) is 17.4. The molecule has 148 valence electrons. The van der Waals surface area contributed by atoms with Crippen molar-refractivity contribution in [2.45, 2.75) is 40.9 Å². The molecule has 1 aliphatic heterocycles. The van der Waals surface area contributed by atoms with E-state index in [0.29, 0.717) is 9.62 Å². The van der Waals surface area contributed by atoms with Crippen molar-refractivity contribution in [1.29, 1.82) is 0 Å². The number of hydrogen-bond acceptors (Lipinski definition) is 5. The van der Waals surface area contributed by atoms with Crippen LogP contribution in [-0.2, 0) is 15.8 Å². The van der Waals surface area contributed by atoms with Crippen LogP contribution in [-0.4, -0.2) is 39.9 Å². The Bertz CT molecular complexity index is 878. The monoisotopic (exact) mass is 424 g/mol. The van der Waals surface area contributed by atoms with E-state index in [9.17, 15) is 8.42 Å². The van der Waals surface area contributed by atoms with E-state index in [1.54, 1.807) is 31.9 Å². The lowest BCUT2D eigenvalue weighted by molar-refractivity contribution is 0.279. The fourth-order valence-corrected chi connectivity index (χ4v) is 6.90. The molecule has 2 aromatic rings. The molecule has 0 N–H and O–H groups in total. The molecule has 27 heavy (non-hydrogen) atoms. The van der Waals surface area contributed by atoms with Gasteiger partial charge < -0.3 is 4.90 Å². The molecule has 1 fully saturated rings. The number of para-hydroxylation sites is 1. The highest BCUT2D eigenvalue weighted by Crippen LogP contribution is 2.37. The zero-order chi connectivity index (χ0) is 19.7. The summed E-state index contributed by atoms with van der Waals surface area (Å²) in [5.74, 6) is 0.845. The molecule has 1 saturated heterocycles. The molecule has 0 atom stereocenters. The maximum Gasteiger partial charge on any atom is 0.252 e. The molecule has 4 nitrogen and oxygen atoms in total. The van der Waals surface area contributed by atoms with Gasteiger partial charge in [0, 0.05) is 38.6 Å². The Hall–Kier alpha value is -1.02. The lowest BCUT2D eigenvalue weighted by Crippen LogP contribution is -2.37. The summed E-state index contributed by atoms with van der Waals surface area (Å²) in [5.41, 5.74) is 3.07. The number of piperidine rings is 1. The molecule has 0 spiro atoms. The first-order valence-corrected chi connectivity index (χ1v) is 12.4. The Morgan fingerprint density at radius 3 is 2.44 bits per heavy atom. The third-order valence-corrected chi connectivity index (χ3v) is 9.75. The van der Waals surface area contributed by atoms with Crippen LogP contribution in [0.5, 0.6) is 0 Å². The van der Waals surface area contributed by atoms with E-state index in [0.717, 1.165) is 23.1 Å². The van der Waals surface area contributed by atoms with Gasteiger partial charge in [-0.1, -0.05) is 32.0 Å². The third-order valence-electron chi connectivity index (χ3n) is 5.11. The van der Waals surface area contributed by atoms with Crippen LogP contribution in [0.3, 0.4) is 0 Å². The first-order valence-electron chi connectivity index (χ1n) is 9.17. The minimum Gasteiger partial charge on any atom is -0.371 e. The number of thioether (sulfide) groups is 1. The number of benzene rings is 1. The third kappa shape index (κ3) is 4.88. The van der Waals surface area contributed by atoms with Crippen LogP contribution in [0.15, 0.2) is 44.8 Å². The molecule has 7 heteroatoms. The van der Waals surface area contributed by atoms with Crippen molar-refractivity contribution in [2.24, 2.45) is 5.41 Å². The van der Waals surface area contributed by atoms with Crippen LogP contribution >= 0.6 is 23.1 Å². The van der Waals surface area contributed by atoms with Crippen LogP contribution in [0.4, 0.5) is 5.69 Å². The second-order valence-electron chi connectivity index (χ2n) is 7.93. The van der Waals surface area contributed by atoms with E-state index in [1.807, 2.05) is 6.07 Å². The quantitative estimate of drug-likeness (QED) is 0.617. The largest absolute Gasteiger partial charge is 0.371 e. The van der Waals surface area contributed by atoms with Crippen molar-refractivity contribution < 1.29 is 8.42 Å². The molecule has 1 aliphatic rings. The van der Waals surface area contributed by atoms with Gasteiger partial charge in [-0.3, -0.25) is 0 Å². The second kappa shape index (κ2) is 8.15. The van der Waals surface area contributed by atoms with Crippen molar-refractivity contribution in [3.8, 4) is 0 Å². The number of anilines is 1. The highest BCUT2D eigenvalue weighted by molar-refractivity contribution is 8.00. The summed E-state index contributed by atoms with van der Waals surface area (Å²) < 4.78 is 27.2. The maximum atomic E-state index is 12.3. The van der Waals surface area contributed by atoms with Gasteiger partial charge in [0.05, 0.1) is 4.21 Å². The maximum absolute atomic E-state index is 12.3. The predicted octanol–water partition coefficient (Wildman–Crippen LogP) is 4.92. The van der Waals surface area contributed by atoms with Gasteiger partial charge in [0.2, 0.25) is 0 Å². The zero-order valence-corrected chi connectivity index (χ0v) is 18.9. The molecule has 3 rings (SSSR count). The number of sulfonamides is 1. The smallest absolute Gasteiger partial charge is 0.252 e. The average molecular weight is 425 g/mol. The van der Waals surface area contributed by atoms with E-state index >= 15 is 0 Å². The summed E-state index contributed by atoms with van der Waals surface area (Å²) in [6.45, 7) is 6.89. The van der Waals surface area contributed by atoms with Gasteiger partial charge in [-0.05, 0) is 42.0 Å². The topological polar surface area (TPSA) is 40.6 Å². The predicted molar refractivity (Wildman–Crippen MR) is 116 cm³/mol. The number of nitrogens with zero attached hydrogens (tertiary/aromatic N) is 2. The van der Waals surface area contributed by atoms with Crippen LogP contribution in [0.25, 0.3) is 0 Å². The van der Waals surface area contributed by atoms with Gasteiger partial charge >= 0.3 is 0 Å². The van der Waals surface area contributed by atoms with Gasteiger partial charge in [0.1, 0.15) is 4.21 Å². The fourth-order valence-electron chi connectivity index (χ4n) is 3.14. The Kier molecular flexibility index (Phi) is 6.25. The summed E-state index contributed by atoms with van der Waals surface area (Å²) in [5, 5.41) is 0. The van der Waals surface area contributed by atoms with Crippen LogP contribution in [0.1, 0.15) is 32.3 Å². The Morgan fingerprint density at radius 2 is 1.78 bits per heavy atom. The van der Waals surface area contributed by atoms with Crippen molar-refractivity contribution in [3.05, 3.63) is 42.0 Å². The summed E-state index contributed by atoms with van der Waals surface area (Å²) in [4.78, 5) is 2.50. The average Bonchev–Trinajstić information content (AvgIpc) is 3.10. The summed E-state index contributed by atoms with van der Waals surface area (Å²) in [6, 6.07) is 12.2. The highest BCUT2D eigenvalue weighted by Gasteiger charge is 2.26. The van der Waals surface area contributed by atoms with Crippen molar-refractivity contribution in [3.63, 3.8) is 0 Å². The molecule has 1 aromatic heterocycles. The summed E-state index contributed by atoms with van der Waals surface area (Å²) in [7, 11) is -0.210. The molecule has 0 radical (unpaired) electrons. The number of thiophene rings is 1. The van der Waals surface area contributed by atoms with Gasteiger partial charge in [-0.2, -0.15) is 0 Å². The summed E-state index contributed by atoms with van der Waals surface area (Å²) >= 11 is 3.06. The Labute approximate surface area is 171 Å². The van der Waals surface area contributed by atoms with E-state index in [2.05, 4.69) is 43.0 Å². The van der Waals surface area contributed by atoms with E-state index in [-0.39, 0.29) is 0 Å². The molecule has 2 heterocycles. The molecular formula is C20H28N2O2S3. The van der Waals surface area contributed by atoms with E-state index in [4.69, 9.17) is 0 Å². The lowest BCUT2D eigenvalue weighted by atomic mass is 9.82. The minimum absolute atomic E-state index is 0.404. The standard InChI is InChI=1S/C20H28N2O2S3/c1-20(2)11-13-22(14-12-20)17-8-6-5-7-16(17)15-25-18-9-10-19(26-18)27(23,24)21(3)4/h5-10H,11-15H2,1-4H3.